The second-order valence-corrected chi connectivity index (χ2v) is 9.35. The summed E-state index contributed by atoms with van der Waals surface area (Å²) in [6.45, 7) is 2.32. The van der Waals surface area contributed by atoms with Gasteiger partial charge in [0.25, 0.3) is 0 Å². The van der Waals surface area contributed by atoms with E-state index in [0.717, 1.165) is 16.7 Å². The zero-order valence-corrected chi connectivity index (χ0v) is 20.7. The van der Waals surface area contributed by atoms with E-state index in [0.29, 0.717) is 39.0 Å². The van der Waals surface area contributed by atoms with Crippen LogP contribution >= 0.6 is 0 Å². The summed E-state index contributed by atoms with van der Waals surface area (Å²) in [6, 6.07) is 28.8. The molecule has 0 unspecified atom stereocenters. The van der Waals surface area contributed by atoms with Gasteiger partial charge in [0, 0.05) is 33.2 Å². The molecule has 0 radical (unpaired) electrons. The lowest BCUT2D eigenvalue weighted by Crippen LogP contribution is -2.67. The molecule has 1 fully saturated rings. The van der Waals surface area contributed by atoms with Gasteiger partial charge < -0.3 is 10.8 Å². The first-order valence-electron chi connectivity index (χ1n) is 12.3. The number of carboxylic acid groups (broad SMARTS) is 1. The molecule has 1 heterocycles. The molecule has 1 amide bonds. The molecule has 188 valence electrons. The maximum atomic E-state index is 12.6. The van der Waals surface area contributed by atoms with E-state index in [9.17, 15) is 14.7 Å². The molecular formula is C29H34N4O3. The van der Waals surface area contributed by atoms with Gasteiger partial charge in [0.05, 0.1) is 6.04 Å². The van der Waals surface area contributed by atoms with Crippen LogP contribution in [0.15, 0.2) is 91.0 Å². The van der Waals surface area contributed by atoms with Crippen molar-refractivity contribution in [2.24, 2.45) is 5.73 Å². The van der Waals surface area contributed by atoms with E-state index in [2.05, 4.69) is 4.90 Å². The summed E-state index contributed by atoms with van der Waals surface area (Å²) in [4.78, 5) is 27.2. The van der Waals surface area contributed by atoms with Crippen molar-refractivity contribution in [3.63, 3.8) is 0 Å². The lowest BCUT2D eigenvalue weighted by atomic mass is 9.79. The van der Waals surface area contributed by atoms with E-state index in [1.807, 2.05) is 108 Å². The SMILES string of the molecule is CN(CCN(Cc1ccccc1)[C@@H](Cc1ccccc1)C(N)=O)N1CC[C@@]1(C(=O)O)c1ccccc1. The van der Waals surface area contributed by atoms with E-state index >= 15 is 0 Å². The predicted molar refractivity (Wildman–Crippen MR) is 140 cm³/mol. The maximum Gasteiger partial charge on any atom is 0.330 e. The van der Waals surface area contributed by atoms with Crippen molar-refractivity contribution >= 4 is 11.9 Å². The molecule has 0 bridgehead atoms. The van der Waals surface area contributed by atoms with Gasteiger partial charge in [-0.05, 0) is 29.5 Å². The smallest absolute Gasteiger partial charge is 0.330 e. The van der Waals surface area contributed by atoms with Crippen molar-refractivity contribution in [1.29, 1.82) is 0 Å². The number of nitrogens with two attached hydrogens (primary N) is 1. The molecule has 3 aromatic rings. The first-order valence-corrected chi connectivity index (χ1v) is 12.3. The number of primary amides is 1. The molecule has 3 aromatic carbocycles. The molecule has 1 aliphatic heterocycles. The van der Waals surface area contributed by atoms with Gasteiger partial charge >= 0.3 is 5.97 Å². The minimum atomic E-state index is -1.08. The molecule has 0 spiro atoms. The van der Waals surface area contributed by atoms with Crippen LogP contribution < -0.4 is 5.73 Å². The number of carboxylic acids is 1. The van der Waals surface area contributed by atoms with Crippen LogP contribution in [0.2, 0.25) is 0 Å². The molecule has 0 aromatic heterocycles. The number of hydrogen-bond acceptors (Lipinski definition) is 5. The summed E-state index contributed by atoms with van der Waals surface area (Å²) in [6.07, 6.45) is 1.06. The summed E-state index contributed by atoms with van der Waals surface area (Å²) in [5, 5.41) is 14.1. The normalized spacial score (nSPS) is 18.6. The standard InChI is InChI=1S/C29H34N4O3/c1-31(33-18-17-29(33,28(35)36)25-15-9-4-10-16-25)19-20-32(22-24-13-7-3-8-14-24)26(27(30)34)21-23-11-5-2-6-12-23/h2-16,26H,17-22H2,1H3,(H2,30,34)(H,35,36)/t26-,29-/m0/s1. The molecule has 7 heteroatoms. The third kappa shape index (κ3) is 5.49. The van der Waals surface area contributed by atoms with Crippen molar-refractivity contribution in [3.05, 3.63) is 108 Å². The number of hydrazine groups is 1. The zero-order valence-electron chi connectivity index (χ0n) is 20.7. The second kappa shape index (κ2) is 11.5. The number of hydrogen-bond donors (Lipinski definition) is 2. The summed E-state index contributed by atoms with van der Waals surface area (Å²) in [5.41, 5.74) is 7.75. The average Bonchev–Trinajstić information content (AvgIpc) is 2.86. The first kappa shape index (κ1) is 25.6. The number of aliphatic carboxylic acids is 1. The minimum Gasteiger partial charge on any atom is -0.480 e. The van der Waals surface area contributed by atoms with Crippen LogP contribution in [0.25, 0.3) is 0 Å². The molecule has 36 heavy (non-hydrogen) atoms. The number of rotatable bonds is 12. The number of amides is 1. The van der Waals surface area contributed by atoms with Crippen LogP contribution in [-0.4, -0.2) is 64.6 Å². The van der Waals surface area contributed by atoms with Gasteiger partial charge in [-0.25, -0.2) is 14.8 Å². The Kier molecular flexibility index (Phi) is 8.15. The molecule has 2 atom stereocenters. The van der Waals surface area contributed by atoms with Crippen LogP contribution in [0, 0.1) is 0 Å². The summed E-state index contributed by atoms with van der Waals surface area (Å²) in [5.74, 6) is -1.22. The third-order valence-electron chi connectivity index (χ3n) is 7.12. The Morgan fingerprint density at radius 2 is 1.47 bits per heavy atom. The Hall–Kier alpha value is -3.52. The second-order valence-electron chi connectivity index (χ2n) is 9.35. The highest BCUT2D eigenvalue weighted by molar-refractivity contribution is 5.82. The van der Waals surface area contributed by atoms with Crippen LogP contribution in [0.5, 0.6) is 0 Å². The lowest BCUT2D eigenvalue weighted by molar-refractivity contribution is -0.200. The highest BCUT2D eigenvalue weighted by Gasteiger charge is 2.54. The van der Waals surface area contributed by atoms with Gasteiger partial charge in [-0.3, -0.25) is 9.69 Å². The fraction of sp³-hybridized carbons (Fsp3) is 0.310. The van der Waals surface area contributed by atoms with E-state index in [1.54, 1.807) is 0 Å². The molecular weight excluding hydrogens is 452 g/mol. The average molecular weight is 487 g/mol. The van der Waals surface area contributed by atoms with Gasteiger partial charge in [0.15, 0.2) is 5.54 Å². The highest BCUT2D eigenvalue weighted by atomic mass is 16.4. The minimum absolute atomic E-state index is 0.370. The number of nitrogens with zero attached hydrogens (tertiary/aromatic N) is 3. The van der Waals surface area contributed by atoms with Gasteiger partial charge in [-0.1, -0.05) is 91.0 Å². The van der Waals surface area contributed by atoms with Crippen molar-refractivity contribution in [2.45, 2.75) is 31.0 Å². The Morgan fingerprint density at radius 3 is 1.97 bits per heavy atom. The molecule has 1 aliphatic rings. The van der Waals surface area contributed by atoms with Crippen LogP contribution in [-0.2, 0) is 28.1 Å². The van der Waals surface area contributed by atoms with Crippen LogP contribution in [0.3, 0.4) is 0 Å². The van der Waals surface area contributed by atoms with Gasteiger partial charge in [0.2, 0.25) is 5.91 Å². The quantitative estimate of drug-likeness (QED) is 0.409. The fourth-order valence-corrected chi connectivity index (χ4v) is 5.05. The largest absolute Gasteiger partial charge is 0.480 e. The Bertz CT molecular complexity index is 1140. The van der Waals surface area contributed by atoms with Crippen molar-refractivity contribution in [3.8, 4) is 0 Å². The van der Waals surface area contributed by atoms with Crippen LogP contribution in [0.1, 0.15) is 23.1 Å². The van der Waals surface area contributed by atoms with Crippen molar-refractivity contribution in [2.75, 3.05) is 26.7 Å². The molecule has 7 nitrogen and oxygen atoms in total. The molecule has 1 saturated heterocycles. The topological polar surface area (TPSA) is 90.1 Å². The van der Waals surface area contributed by atoms with Gasteiger partial charge in [-0.2, -0.15) is 0 Å². The molecule has 0 aliphatic carbocycles. The van der Waals surface area contributed by atoms with E-state index in [-0.39, 0.29) is 5.91 Å². The van der Waals surface area contributed by atoms with E-state index in [4.69, 9.17) is 5.73 Å². The predicted octanol–water partition coefficient (Wildman–Crippen LogP) is 3.12. The number of benzene rings is 3. The van der Waals surface area contributed by atoms with Crippen LogP contribution in [0.4, 0.5) is 0 Å². The highest BCUT2D eigenvalue weighted by Crippen LogP contribution is 2.41. The number of carbonyl (C=O) groups excluding carboxylic acids is 1. The molecule has 4 rings (SSSR count). The fourth-order valence-electron chi connectivity index (χ4n) is 5.05. The number of likely N-dealkylation sites (N-methyl/N-ethyl adjacent to an activating group) is 1. The van der Waals surface area contributed by atoms with Crippen molar-refractivity contribution < 1.29 is 14.7 Å². The molecule has 3 N–H and O–H groups in total. The summed E-state index contributed by atoms with van der Waals surface area (Å²) < 4.78 is 0. The first-order chi connectivity index (χ1) is 17.4. The summed E-state index contributed by atoms with van der Waals surface area (Å²) >= 11 is 0. The third-order valence-corrected chi connectivity index (χ3v) is 7.12. The Morgan fingerprint density at radius 1 is 0.917 bits per heavy atom. The van der Waals surface area contributed by atoms with E-state index in [1.165, 1.54) is 0 Å². The maximum absolute atomic E-state index is 12.6. The Balaban J connectivity index is 1.53. The Labute approximate surface area is 212 Å². The zero-order chi connectivity index (χ0) is 25.5. The van der Waals surface area contributed by atoms with Gasteiger partial charge in [0.1, 0.15) is 0 Å². The molecule has 0 saturated carbocycles. The van der Waals surface area contributed by atoms with Crippen molar-refractivity contribution in [1.82, 2.24) is 14.9 Å². The van der Waals surface area contributed by atoms with E-state index < -0.39 is 17.6 Å². The van der Waals surface area contributed by atoms with Gasteiger partial charge in [-0.15, -0.1) is 0 Å². The summed E-state index contributed by atoms with van der Waals surface area (Å²) in [7, 11) is 1.91. The lowest BCUT2D eigenvalue weighted by Gasteiger charge is -2.53. The monoisotopic (exact) mass is 486 g/mol. The number of carbonyl (C=O) groups is 2.